The van der Waals surface area contributed by atoms with Gasteiger partial charge in [-0.25, -0.2) is 4.98 Å². The Kier molecular flexibility index (Phi) is 4.59. The van der Waals surface area contributed by atoms with Crippen molar-refractivity contribution in [3.8, 4) is 5.75 Å². The molecule has 0 fully saturated rings. The summed E-state index contributed by atoms with van der Waals surface area (Å²) < 4.78 is 5.64. The van der Waals surface area contributed by atoms with Crippen LogP contribution in [0.5, 0.6) is 5.75 Å². The fourth-order valence-electron chi connectivity index (χ4n) is 1.63. The van der Waals surface area contributed by atoms with Crippen LogP contribution in [0.3, 0.4) is 0 Å². The number of benzene rings is 1. The summed E-state index contributed by atoms with van der Waals surface area (Å²) >= 11 is 1.74. The molecule has 3 nitrogen and oxygen atoms in total. The van der Waals surface area contributed by atoms with Crippen molar-refractivity contribution in [1.29, 1.82) is 0 Å². The third kappa shape index (κ3) is 3.74. The van der Waals surface area contributed by atoms with Gasteiger partial charge >= 0.3 is 0 Å². The number of nitrogens with zero attached hydrogens (tertiary/aromatic N) is 1. The number of thiazole rings is 1. The Labute approximate surface area is 112 Å². The van der Waals surface area contributed by atoms with E-state index < -0.39 is 0 Å². The van der Waals surface area contributed by atoms with Crippen LogP contribution in [-0.2, 0) is 12.8 Å². The van der Waals surface area contributed by atoms with Gasteiger partial charge in [0.2, 0.25) is 0 Å². The largest absolute Gasteiger partial charge is 0.493 e. The molecule has 2 N–H and O–H groups in total. The van der Waals surface area contributed by atoms with Crippen molar-refractivity contribution in [2.75, 3.05) is 12.3 Å². The van der Waals surface area contributed by atoms with E-state index in [9.17, 15) is 0 Å². The Balaban J connectivity index is 1.79. The van der Waals surface area contributed by atoms with E-state index in [1.165, 1.54) is 5.01 Å². The van der Waals surface area contributed by atoms with Crippen LogP contribution in [0.25, 0.3) is 0 Å². The van der Waals surface area contributed by atoms with Gasteiger partial charge in [0.05, 0.1) is 17.3 Å². The van der Waals surface area contributed by atoms with Crippen molar-refractivity contribution >= 4 is 17.0 Å². The van der Waals surface area contributed by atoms with Gasteiger partial charge in [0.1, 0.15) is 5.75 Å². The van der Waals surface area contributed by atoms with Crippen molar-refractivity contribution in [1.82, 2.24) is 4.98 Å². The fraction of sp³-hybridized carbons (Fsp3) is 0.357. The normalized spacial score (nSPS) is 10.5. The Morgan fingerprint density at radius 2 is 2.00 bits per heavy atom. The van der Waals surface area contributed by atoms with Gasteiger partial charge < -0.3 is 10.5 Å². The van der Waals surface area contributed by atoms with Crippen LogP contribution in [-0.4, -0.2) is 11.6 Å². The molecule has 1 heterocycles. The van der Waals surface area contributed by atoms with Crippen LogP contribution in [0.2, 0.25) is 0 Å². The van der Waals surface area contributed by atoms with Gasteiger partial charge in [0.25, 0.3) is 0 Å². The molecule has 2 aromatic rings. The molecule has 2 rings (SSSR count). The van der Waals surface area contributed by atoms with Crippen molar-refractivity contribution in [3.63, 3.8) is 0 Å². The predicted octanol–water partition coefficient (Wildman–Crippen LogP) is 3.30. The number of ether oxygens (including phenoxy) is 1. The number of nitrogen functional groups attached to an aromatic ring is 1. The van der Waals surface area contributed by atoms with Crippen LogP contribution < -0.4 is 10.5 Å². The maximum absolute atomic E-state index is 5.64. The average Bonchev–Trinajstić information content (AvgIpc) is 2.80. The van der Waals surface area contributed by atoms with Crippen LogP contribution in [0.4, 0.5) is 5.69 Å². The molecule has 0 spiro atoms. The molecule has 0 aliphatic rings. The third-order valence-corrected chi connectivity index (χ3v) is 3.53. The first-order chi connectivity index (χ1) is 8.78. The van der Waals surface area contributed by atoms with Crippen molar-refractivity contribution < 1.29 is 4.74 Å². The molecule has 0 aliphatic carbocycles. The zero-order chi connectivity index (χ0) is 12.8. The first-order valence-electron chi connectivity index (χ1n) is 6.19. The van der Waals surface area contributed by atoms with E-state index in [-0.39, 0.29) is 0 Å². The van der Waals surface area contributed by atoms with Gasteiger partial charge in [-0.05, 0) is 37.1 Å². The smallest absolute Gasteiger partial charge is 0.119 e. The lowest BCUT2D eigenvalue weighted by Gasteiger charge is -2.04. The molecule has 1 aromatic carbocycles. The number of nitrogens with two attached hydrogens (primary N) is 1. The number of rotatable bonds is 6. The highest BCUT2D eigenvalue weighted by molar-refractivity contribution is 7.09. The minimum absolute atomic E-state index is 0.652. The second kappa shape index (κ2) is 6.40. The molecule has 0 amide bonds. The summed E-state index contributed by atoms with van der Waals surface area (Å²) in [5, 5.41) is 3.34. The van der Waals surface area contributed by atoms with E-state index >= 15 is 0 Å². The molecule has 0 radical (unpaired) electrons. The molecule has 1 aromatic heterocycles. The summed E-state index contributed by atoms with van der Waals surface area (Å²) in [4.78, 5) is 4.56. The standard InChI is InChI=1S/C14H18N2OS/c1-2-3-14-16-12(10-18-14)8-9-17-13-6-4-11(15)5-7-13/h4-7,10H,2-3,8-9,15H2,1H3. The Morgan fingerprint density at radius 3 is 2.72 bits per heavy atom. The van der Waals surface area contributed by atoms with Crippen LogP contribution in [0.15, 0.2) is 29.6 Å². The molecule has 0 unspecified atom stereocenters. The van der Waals surface area contributed by atoms with Crippen molar-refractivity contribution in [2.45, 2.75) is 26.2 Å². The summed E-state index contributed by atoms with van der Waals surface area (Å²) in [6.07, 6.45) is 3.07. The van der Waals surface area contributed by atoms with E-state index in [0.29, 0.717) is 6.61 Å². The lowest BCUT2D eigenvalue weighted by molar-refractivity contribution is 0.321. The van der Waals surface area contributed by atoms with Gasteiger partial charge in [-0.15, -0.1) is 11.3 Å². The topological polar surface area (TPSA) is 48.1 Å². The van der Waals surface area contributed by atoms with Crippen molar-refractivity contribution in [3.05, 3.63) is 40.3 Å². The summed E-state index contributed by atoms with van der Waals surface area (Å²) in [6, 6.07) is 7.47. The monoisotopic (exact) mass is 262 g/mol. The third-order valence-electron chi connectivity index (χ3n) is 2.57. The summed E-state index contributed by atoms with van der Waals surface area (Å²) in [7, 11) is 0. The lowest BCUT2D eigenvalue weighted by atomic mass is 10.3. The summed E-state index contributed by atoms with van der Waals surface area (Å²) in [5.74, 6) is 0.855. The molecule has 0 atom stereocenters. The molecule has 4 heteroatoms. The van der Waals surface area contributed by atoms with E-state index in [4.69, 9.17) is 10.5 Å². The highest BCUT2D eigenvalue weighted by atomic mass is 32.1. The number of aromatic nitrogens is 1. The molecule has 0 saturated carbocycles. The predicted molar refractivity (Wildman–Crippen MR) is 76.2 cm³/mol. The highest BCUT2D eigenvalue weighted by Gasteiger charge is 2.01. The van der Waals surface area contributed by atoms with Gasteiger partial charge in [0, 0.05) is 17.5 Å². The molecular weight excluding hydrogens is 244 g/mol. The number of aryl methyl sites for hydroxylation is 1. The van der Waals surface area contributed by atoms with Gasteiger partial charge in [-0.3, -0.25) is 0 Å². The molecule has 96 valence electrons. The minimum Gasteiger partial charge on any atom is -0.493 e. The first-order valence-corrected chi connectivity index (χ1v) is 7.07. The number of hydrogen-bond acceptors (Lipinski definition) is 4. The van der Waals surface area contributed by atoms with Gasteiger partial charge in [0.15, 0.2) is 0 Å². The van der Waals surface area contributed by atoms with Crippen LogP contribution >= 0.6 is 11.3 Å². The Bertz CT molecular complexity index is 479. The number of anilines is 1. The summed E-state index contributed by atoms with van der Waals surface area (Å²) in [6.45, 7) is 2.82. The van der Waals surface area contributed by atoms with E-state index in [1.54, 1.807) is 11.3 Å². The zero-order valence-corrected chi connectivity index (χ0v) is 11.4. The second-order valence-corrected chi connectivity index (χ2v) is 5.09. The quantitative estimate of drug-likeness (QED) is 0.813. The van der Waals surface area contributed by atoms with E-state index in [1.807, 2.05) is 24.3 Å². The zero-order valence-electron chi connectivity index (χ0n) is 10.6. The second-order valence-electron chi connectivity index (χ2n) is 4.15. The van der Waals surface area contributed by atoms with E-state index in [2.05, 4.69) is 17.3 Å². The van der Waals surface area contributed by atoms with Crippen LogP contribution in [0, 0.1) is 0 Å². The number of hydrogen-bond donors (Lipinski definition) is 1. The first kappa shape index (κ1) is 12.9. The molecule has 0 saturated heterocycles. The molecule has 18 heavy (non-hydrogen) atoms. The molecule has 0 bridgehead atoms. The van der Waals surface area contributed by atoms with Gasteiger partial charge in [-0.2, -0.15) is 0 Å². The Hall–Kier alpha value is -1.55. The maximum Gasteiger partial charge on any atom is 0.119 e. The van der Waals surface area contributed by atoms with E-state index in [0.717, 1.165) is 36.4 Å². The molecule has 0 aliphatic heterocycles. The highest BCUT2D eigenvalue weighted by Crippen LogP contribution is 2.15. The fourth-order valence-corrected chi connectivity index (χ4v) is 2.56. The minimum atomic E-state index is 0.652. The van der Waals surface area contributed by atoms with Crippen molar-refractivity contribution in [2.24, 2.45) is 0 Å². The average molecular weight is 262 g/mol. The summed E-state index contributed by atoms with van der Waals surface area (Å²) in [5.41, 5.74) is 7.49. The van der Waals surface area contributed by atoms with Gasteiger partial charge in [-0.1, -0.05) is 6.92 Å². The Morgan fingerprint density at radius 1 is 1.22 bits per heavy atom. The SMILES string of the molecule is CCCc1nc(CCOc2ccc(N)cc2)cs1. The lowest BCUT2D eigenvalue weighted by Crippen LogP contribution is -2.01. The molecular formula is C14H18N2OS. The maximum atomic E-state index is 5.64. The van der Waals surface area contributed by atoms with Crippen LogP contribution in [0.1, 0.15) is 24.0 Å².